The van der Waals surface area contributed by atoms with Crippen LogP contribution in [-0.4, -0.2) is 57.4 Å². The molecule has 3 rings (SSSR count). The highest BCUT2D eigenvalue weighted by molar-refractivity contribution is 5.63. The van der Waals surface area contributed by atoms with Gasteiger partial charge in [0.2, 0.25) is 0 Å². The van der Waals surface area contributed by atoms with E-state index in [9.17, 15) is 0 Å². The lowest BCUT2D eigenvalue weighted by Gasteiger charge is -2.26. The zero-order valence-electron chi connectivity index (χ0n) is 14.8. The summed E-state index contributed by atoms with van der Waals surface area (Å²) in [6, 6.07) is 18.7. The number of rotatable bonds is 9. The third-order valence-electron chi connectivity index (χ3n) is 4.44. The van der Waals surface area contributed by atoms with Crippen molar-refractivity contribution in [1.29, 1.82) is 0 Å². The van der Waals surface area contributed by atoms with Crippen LogP contribution in [0.5, 0.6) is 5.75 Å². The first-order valence-corrected chi connectivity index (χ1v) is 9.21. The summed E-state index contributed by atoms with van der Waals surface area (Å²) in [5.74, 6) is 0.938. The van der Waals surface area contributed by atoms with E-state index in [2.05, 4.69) is 46.6 Å². The lowest BCUT2D eigenvalue weighted by molar-refractivity contribution is 0.0384. The van der Waals surface area contributed by atoms with Gasteiger partial charge in [0, 0.05) is 26.2 Å². The minimum Gasteiger partial charge on any atom is -0.494 e. The summed E-state index contributed by atoms with van der Waals surface area (Å²) in [6.45, 7) is 7.74. The molecule has 1 aliphatic rings. The van der Waals surface area contributed by atoms with Gasteiger partial charge >= 0.3 is 0 Å². The van der Waals surface area contributed by atoms with Crippen LogP contribution < -0.4 is 10.1 Å². The van der Waals surface area contributed by atoms with E-state index >= 15 is 0 Å². The Bertz CT molecular complexity index is 595. The SMILES string of the molecule is c1ccc(-c2ccc(OCCCNCCN3CCOCC3)cc2)cc1. The lowest BCUT2D eigenvalue weighted by atomic mass is 10.1. The van der Waals surface area contributed by atoms with Crippen molar-refractivity contribution in [2.75, 3.05) is 52.5 Å². The predicted molar refractivity (Wildman–Crippen MR) is 102 cm³/mol. The van der Waals surface area contributed by atoms with Crippen LogP contribution in [0, 0.1) is 0 Å². The molecular weight excluding hydrogens is 312 g/mol. The molecule has 1 aliphatic heterocycles. The first kappa shape index (κ1) is 17.9. The van der Waals surface area contributed by atoms with Gasteiger partial charge in [0.25, 0.3) is 0 Å². The van der Waals surface area contributed by atoms with E-state index in [0.717, 1.165) is 64.7 Å². The van der Waals surface area contributed by atoms with Gasteiger partial charge in [-0.25, -0.2) is 0 Å². The van der Waals surface area contributed by atoms with Gasteiger partial charge in [-0.2, -0.15) is 0 Å². The van der Waals surface area contributed by atoms with Crippen molar-refractivity contribution in [2.24, 2.45) is 0 Å². The second kappa shape index (κ2) is 10.2. The first-order valence-electron chi connectivity index (χ1n) is 9.21. The molecule has 1 N–H and O–H groups in total. The van der Waals surface area contributed by atoms with E-state index in [0.29, 0.717) is 0 Å². The minimum absolute atomic E-state index is 0.745. The highest BCUT2D eigenvalue weighted by atomic mass is 16.5. The van der Waals surface area contributed by atoms with Gasteiger partial charge in [-0.3, -0.25) is 4.90 Å². The van der Waals surface area contributed by atoms with Crippen molar-refractivity contribution in [3.63, 3.8) is 0 Å². The first-order chi connectivity index (χ1) is 12.4. The topological polar surface area (TPSA) is 33.7 Å². The molecule has 4 nitrogen and oxygen atoms in total. The Morgan fingerprint density at radius 2 is 1.60 bits per heavy atom. The van der Waals surface area contributed by atoms with Crippen LogP contribution in [0.15, 0.2) is 54.6 Å². The van der Waals surface area contributed by atoms with Crippen LogP contribution in [0.25, 0.3) is 11.1 Å². The molecule has 1 heterocycles. The van der Waals surface area contributed by atoms with Gasteiger partial charge in [0.15, 0.2) is 0 Å². The molecule has 0 bridgehead atoms. The van der Waals surface area contributed by atoms with Gasteiger partial charge < -0.3 is 14.8 Å². The Morgan fingerprint density at radius 3 is 2.36 bits per heavy atom. The Morgan fingerprint density at radius 1 is 0.880 bits per heavy atom. The van der Waals surface area contributed by atoms with Crippen LogP contribution in [0.4, 0.5) is 0 Å². The number of ether oxygens (including phenoxy) is 2. The average Bonchev–Trinajstić information content (AvgIpc) is 2.69. The van der Waals surface area contributed by atoms with Crippen LogP contribution in [0.3, 0.4) is 0 Å². The predicted octanol–water partition coefficient (Wildman–Crippen LogP) is 3.04. The molecule has 2 aromatic rings. The Balaban J connectivity index is 1.27. The number of hydrogen-bond acceptors (Lipinski definition) is 4. The molecule has 0 saturated carbocycles. The normalized spacial score (nSPS) is 15.2. The maximum atomic E-state index is 5.83. The summed E-state index contributed by atoms with van der Waals surface area (Å²) in [4.78, 5) is 2.45. The molecule has 0 spiro atoms. The van der Waals surface area contributed by atoms with Gasteiger partial charge in [0.05, 0.1) is 19.8 Å². The van der Waals surface area contributed by atoms with Crippen LogP contribution in [-0.2, 0) is 4.74 Å². The second-order valence-electron chi connectivity index (χ2n) is 6.30. The molecule has 0 radical (unpaired) electrons. The zero-order valence-corrected chi connectivity index (χ0v) is 14.8. The molecule has 25 heavy (non-hydrogen) atoms. The van der Waals surface area contributed by atoms with E-state index in [1.807, 2.05) is 18.2 Å². The van der Waals surface area contributed by atoms with E-state index in [-0.39, 0.29) is 0 Å². The Hall–Kier alpha value is -1.88. The summed E-state index contributed by atoms with van der Waals surface area (Å²) in [6.07, 6.45) is 1.02. The molecular formula is C21H28N2O2. The van der Waals surface area contributed by atoms with Crippen LogP contribution >= 0.6 is 0 Å². The van der Waals surface area contributed by atoms with Gasteiger partial charge in [-0.1, -0.05) is 42.5 Å². The number of nitrogens with one attached hydrogen (secondary N) is 1. The summed E-state index contributed by atoms with van der Waals surface area (Å²) < 4.78 is 11.2. The van der Waals surface area contributed by atoms with Gasteiger partial charge in [-0.05, 0) is 36.2 Å². The van der Waals surface area contributed by atoms with Crippen molar-refractivity contribution in [3.8, 4) is 16.9 Å². The fourth-order valence-corrected chi connectivity index (χ4v) is 2.95. The van der Waals surface area contributed by atoms with Crippen molar-refractivity contribution in [3.05, 3.63) is 54.6 Å². The molecule has 134 valence electrons. The third-order valence-corrected chi connectivity index (χ3v) is 4.44. The van der Waals surface area contributed by atoms with E-state index in [1.165, 1.54) is 11.1 Å². The standard InChI is InChI=1S/C21H28N2O2/c1-2-5-19(6-3-1)20-7-9-21(10-8-20)25-16-4-11-22-12-13-23-14-17-24-18-15-23/h1-3,5-10,22H,4,11-18H2. The molecule has 1 fully saturated rings. The zero-order chi connectivity index (χ0) is 17.2. The third kappa shape index (κ3) is 6.16. The molecule has 2 aromatic carbocycles. The molecule has 0 atom stereocenters. The van der Waals surface area contributed by atoms with Crippen LogP contribution in [0.2, 0.25) is 0 Å². The highest BCUT2D eigenvalue weighted by Crippen LogP contribution is 2.21. The minimum atomic E-state index is 0.745. The second-order valence-corrected chi connectivity index (χ2v) is 6.30. The molecule has 1 saturated heterocycles. The summed E-state index contributed by atoms with van der Waals surface area (Å²) in [5, 5.41) is 3.49. The number of hydrogen-bond donors (Lipinski definition) is 1. The van der Waals surface area contributed by atoms with Gasteiger partial charge in [-0.15, -0.1) is 0 Å². The Kier molecular flexibility index (Phi) is 7.31. The number of nitrogens with zero attached hydrogens (tertiary/aromatic N) is 1. The molecule has 4 heteroatoms. The quantitative estimate of drug-likeness (QED) is 0.712. The molecule has 0 aromatic heterocycles. The smallest absolute Gasteiger partial charge is 0.119 e. The van der Waals surface area contributed by atoms with Crippen molar-refractivity contribution < 1.29 is 9.47 Å². The molecule has 0 aliphatic carbocycles. The highest BCUT2D eigenvalue weighted by Gasteiger charge is 2.08. The van der Waals surface area contributed by atoms with Gasteiger partial charge in [0.1, 0.15) is 5.75 Å². The van der Waals surface area contributed by atoms with E-state index in [4.69, 9.17) is 9.47 Å². The fourth-order valence-electron chi connectivity index (χ4n) is 2.95. The molecule has 0 unspecified atom stereocenters. The Labute approximate surface area is 150 Å². The van der Waals surface area contributed by atoms with E-state index < -0.39 is 0 Å². The number of morpholine rings is 1. The van der Waals surface area contributed by atoms with Crippen molar-refractivity contribution >= 4 is 0 Å². The largest absolute Gasteiger partial charge is 0.494 e. The maximum Gasteiger partial charge on any atom is 0.119 e. The lowest BCUT2D eigenvalue weighted by Crippen LogP contribution is -2.40. The average molecular weight is 340 g/mol. The van der Waals surface area contributed by atoms with Crippen LogP contribution in [0.1, 0.15) is 6.42 Å². The summed E-state index contributed by atoms with van der Waals surface area (Å²) in [7, 11) is 0. The number of benzene rings is 2. The van der Waals surface area contributed by atoms with E-state index in [1.54, 1.807) is 0 Å². The maximum absolute atomic E-state index is 5.83. The summed E-state index contributed by atoms with van der Waals surface area (Å²) in [5.41, 5.74) is 2.45. The fraction of sp³-hybridized carbons (Fsp3) is 0.429. The molecule has 0 amide bonds. The summed E-state index contributed by atoms with van der Waals surface area (Å²) >= 11 is 0. The van der Waals surface area contributed by atoms with Crippen molar-refractivity contribution in [2.45, 2.75) is 6.42 Å². The monoisotopic (exact) mass is 340 g/mol. The van der Waals surface area contributed by atoms with Crippen molar-refractivity contribution in [1.82, 2.24) is 10.2 Å².